The zero-order chi connectivity index (χ0) is 15.8. The van der Waals surface area contributed by atoms with Gasteiger partial charge in [0.1, 0.15) is 5.82 Å². The number of guanidine groups is 1. The van der Waals surface area contributed by atoms with Crippen molar-refractivity contribution in [3.05, 3.63) is 23.9 Å². The summed E-state index contributed by atoms with van der Waals surface area (Å²) in [5, 5.41) is 6.74. The molecule has 0 aliphatic carbocycles. The Morgan fingerprint density at radius 1 is 1.45 bits per heavy atom. The smallest absolute Gasteiger partial charge is 0.191 e. The number of hydrogen-bond acceptors (Lipinski definition) is 4. The Kier molecular flexibility index (Phi) is 6.45. The number of nitrogens with zero attached hydrogens (tertiary/aromatic N) is 3. The van der Waals surface area contributed by atoms with E-state index >= 15 is 0 Å². The van der Waals surface area contributed by atoms with Crippen LogP contribution in [0.1, 0.15) is 25.8 Å². The molecule has 1 aliphatic heterocycles. The van der Waals surface area contributed by atoms with E-state index in [0.29, 0.717) is 12.6 Å². The molecular weight excluding hydrogens is 278 g/mol. The van der Waals surface area contributed by atoms with E-state index in [9.17, 15) is 0 Å². The van der Waals surface area contributed by atoms with Gasteiger partial charge in [-0.2, -0.15) is 0 Å². The Morgan fingerprint density at radius 2 is 2.23 bits per heavy atom. The molecule has 2 rings (SSSR count). The molecule has 1 unspecified atom stereocenters. The molecule has 0 spiro atoms. The maximum absolute atomic E-state index is 5.42. The normalized spacial score (nSPS) is 17.2. The number of pyridine rings is 1. The van der Waals surface area contributed by atoms with Crippen molar-refractivity contribution in [1.82, 2.24) is 15.6 Å². The second-order valence-electron chi connectivity index (χ2n) is 5.46. The third kappa shape index (κ3) is 4.59. The van der Waals surface area contributed by atoms with Gasteiger partial charge in [0.05, 0.1) is 13.2 Å². The van der Waals surface area contributed by atoms with E-state index < -0.39 is 0 Å². The standard InChI is InChI=1S/C16H27N5O/c1-4-13(2)20-16(17-3)19-12-14-6-5-7-18-15(14)21-8-10-22-11-9-21/h5-7,13H,4,8-12H2,1-3H3,(H2,17,19,20). The van der Waals surface area contributed by atoms with Crippen LogP contribution in [0.2, 0.25) is 0 Å². The number of nitrogens with one attached hydrogen (secondary N) is 2. The Labute approximate surface area is 133 Å². The fraction of sp³-hybridized carbons (Fsp3) is 0.625. The number of anilines is 1. The molecule has 0 aromatic carbocycles. The molecule has 6 heteroatoms. The molecule has 22 heavy (non-hydrogen) atoms. The molecule has 122 valence electrons. The molecule has 1 aromatic rings. The van der Waals surface area contributed by atoms with Gasteiger partial charge in [-0.05, 0) is 19.4 Å². The SMILES string of the molecule is CCC(C)NC(=NC)NCc1cccnc1N1CCOCC1. The minimum Gasteiger partial charge on any atom is -0.378 e. The van der Waals surface area contributed by atoms with Gasteiger partial charge in [0, 0.05) is 44.5 Å². The lowest BCUT2D eigenvalue weighted by Crippen LogP contribution is -2.42. The average molecular weight is 305 g/mol. The quantitative estimate of drug-likeness (QED) is 0.636. The third-order valence-corrected chi connectivity index (χ3v) is 3.84. The summed E-state index contributed by atoms with van der Waals surface area (Å²) in [6.07, 6.45) is 2.91. The van der Waals surface area contributed by atoms with Crippen LogP contribution in [0.25, 0.3) is 0 Å². The Hall–Kier alpha value is -1.82. The van der Waals surface area contributed by atoms with E-state index in [1.807, 2.05) is 12.3 Å². The van der Waals surface area contributed by atoms with Crippen molar-refractivity contribution in [2.45, 2.75) is 32.9 Å². The van der Waals surface area contributed by atoms with Gasteiger partial charge in [-0.15, -0.1) is 0 Å². The largest absolute Gasteiger partial charge is 0.378 e. The van der Waals surface area contributed by atoms with E-state index in [4.69, 9.17) is 4.74 Å². The van der Waals surface area contributed by atoms with Gasteiger partial charge in [0.25, 0.3) is 0 Å². The highest BCUT2D eigenvalue weighted by molar-refractivity contribution is 5.80. The van der Waals surface area contributed by atoms with Crippen molar-refractivity contribution >= 4 is 11.8 Å². The summed E-state index contributed by atoms with van der Waals surface area (Å²) in [4.78, 5) is 11.1. The van der Waals surface area contributed by atoms with Crippen molar-refractivity contribution in [1.29, 1.82) is 0 Å². The highest BCUT2D eigenvalue weighted by Crippen LogP contribution is 2.18. The molecule has 6 nitrogen and oxygen atoms in total. The van der Waals surface area contributed by atoms with Crippen LogP contribution >= 0.6 is 0 Å². The predicted molar refractivity (Wildman–Crippen MR) is 90.4 cm³/mol. The molecule has 1 aromatic heterocycles. The zero-order valence-electron chi connectivity index (χ0n) is 13.8. The third-order valence-electron chi connectivity index (χ3n) is 3.84. The minimum atomic E-state index is 0.402. The highest BCUT2D eigenvalue weighted by atomic mass is 16.5. The number of aliphatic imine (C=N–C) groups is 1. The highest BCUT2D eigenvalue weighted by Gasteiger charge is 2.15. The zero-order valence-corrected chi connectivity index (χ0v) is 13.8. The van der Waals surface area contributed by atoms with Crippen LogP contribution in [0, 0.1) is 0 Å². The summed E-state index contributed by atoms with van der Waals surface area (Å²) < 4.78 is 5.42. The van der Waals surface area contributed by atoms with Gasteiger partial charge in [0.2, 0.25) is 0 Å². The van der Waals surface area contributed by atoms with E-state index in [1.165, 1.54) is 5.56 Å². The number of rotatable bonds is 5. The Bertz CT molecular complexity index is 485. The predicted octanol–water partition coefficient (Wildman–Crippen LogP) is 1.38. The van der Waals surface area contributed by atoms with Crippen molar-refractivity contribution in [2.75, 3.05) is 38.3 Å². The van der Waals surface area contributed by atoms with Crippen molar-refractivity contribution < 1.29 is 4.74 Å². The summed E-state index contributed by atoms with van der Waals surface area (Å²) >= 11 is 0. The fourth-order valence-corrected chi connectivity index (χ4v) is 2.34. The number of hydrogen-bond donors (Lipinski definition) is 2. The van der Waals surface area contributed by atoms with Crippen LogP contribution in [0.5, 0.6) is 0 Å². The molecule has 1 atom stereocenters. The second-order valence-corrected chi connectivity index (χ2v) is 5.46. The molecule has 0 saturated carbocycles. The van der Waals surface area contributed by atoms with Gasteiger partial charge in [-0.1, -0.05) is 13.0 Å². The fourth-order valence-electron chi connectivity index (χ4n) is 2.34. The van der Waals surface area contributed by atoms with Crippen LogP contribution in [0.15, 0.2) is 23.3 Å². The molecule has 0 amide bonds. The van der Waals surface area contributed by atoms with Gasteiger partial charge >= 0.3 is 0 Å². The van der Waals surface area contributed by atoms with Crippen molar-refractivity contribution in [3.8, 4) is 0 Å². The summed E-state index contributed by atoms with van der Waals surface area (Å²) in [6, 6.07) is 4.49. The molecule has 1 fully saturated rings. The number of morpholine rings is 1. The second kappa shape index (κ2) is 8.58. The Balaban J connectivity index is 2.00. The van der Waals surface area contributed by atoms with Crippen LogP contribution in [0.3, 0.4) is 0 Å². The van der Waals surface area contributed by atoms with Crippen molar-refractivity contribution in [2.24, 2.45) is 4.99 Å². The monoisotopic (exact) mass is 305 g/mol. The number of aromatic nitrogens is 1. The van der Waals surface area contributed by atoms with E-state index in [2.05, 4.69) is 45.4 Å². The summed E-state index contributed by atoms with van der Waals surface area (Å²) in [7, 11) is 1.80. The maximum atomic E-state index is 5.42. The van der Waals surface area contributed by atoms with Crippen LogP contribution in [-0.4, -0.2) is 50.3 Å². The van der Waals surface area contributed by atoms with E-state index in [-0.39, 0.29) is 0 Å². The minimum absolute atomic E-state index is 0.402. The maximum Gasteiger partial charge on any atom is 0.191 e. The number of ether oxygens (including phenoxy) is 1. The summed E-state index contributed by atoms with van der Waals surface area (Å²) in [6.45, 7) is 8.32. The molecule has 2 heterocycles. The lowest BCUT2D eigenvalue weighted by Gasteiger charge is -2.29. The molecule has 0 bridgehead atoms. The molecule has 0 radical (unpaired) electrons. The summed E-state index contributed by atoms with van der Waals surface area (Å²) in [5.74, 6) is 1.86. The van der Waals surface area contributed by atoms with Gasteiger partial charge < -0.3 is 20.3 Å². The van der Waals surface area contributed by atoms with Crippen molar-refractivity contribution in [3.63, 3.8) is 0 Å². The average Bonchev–Trinajstić information content (AvgIpc) is 2.59. The first-order valence-electron chi connectivity index (χ1n) is 7.98. The lowest BCUT2D eigenvalue weighted by atomic mass is 10.2. The van der Waals surface area contributed by atoms with E-state index in [1.54, 1.807) is 7.05 Å². The van der Waals surface area contributed by atoms with Gasteiger partial charge in [0.15, 0.2) is 5.96 Å². The molecule has 1 aliphatic rings. The Morgan fingerprint density at radius 3 is 2.91 bits per heavy atom. The van der Waals surface area contributed by atoms with Gasteiger partial charge in [-0.25, -0.2) is 4.98 Å². The lowest BCUT2D eigenvalue weighted by molar-refractivity contribution is 0.122. The van der Waals surface area contributed by atoms with E-state index in [0.717, 1.165) is 44.5 Å². The first-order chi connectivity index (χ1) is 10.7. The van der Waals surface area contributed by atoms with Crippen LogP contribution in [0.4, 0.5) is 5.82 Å². The van der Waals surface area contributed by atoms with Gasteiger partial charge in [-0.3, -0.25) is 4.99 Å². The summed E-state index contributed by atoms with van der Waals surface area (Å²) in [5.41, 5.74) is 1.18. The topological polar surface area (TPSA) is 61.8 Å². The van der Waals surface area contributed by atoms with Crippen LogP contribution < -0.4 is 15.5 Å². The molecule has 2 N–H and O–H groups in total. The molecular formula is C16H27N5O. The molecule has 1 saturated heterocycles. The first kappa shape index (κ1) is 16.5. The first-order valence-corrected chi connectivity index (χ1v) is 7.98. The van der Waals surface area contributed by atoms with Crippen LogP contribution in [-0.2, 0) is 11.3 Å².